The van der Waals surface area contributed by atoms with Crippen LogP contribution in [0.25, 0.3) is 98.8 Å². The Morgan fingerprint density at radius 1 is 0.283 bits per heavy atom. The Labute approximate surface area is 264 Å². The third-order valence-electron chi connectivity index (χ3n) is 9.47. The van der Waals surface area contributed by atoms with Gasteiger partial charge in [-0.3, -0.25) is 0 Å². The van der Waals surface area contributed by atoms with Crippen molar-refractivity contribution < 1.29 is 8.83 Å². The molecule has 8 aromatic carbocycles. The first kappa shape index (κ1) is 25.2. The summed E-state index contributed by atoms with van der Waals surface area (Å²) in [5, 5.41) is 9.48. The lowest BCUT2D eigenvalue weighted by Crippen LogP contribution is -1.91. The fourth-order valence-electron chi connectivity index (χ4n) is 7.45. The van der Waals surface area contributed by atoms with E-state index in [2.05, 4.69) is 146 Å². The van der Waals surface area contributed by atoms with Crippen LogP contribution in [-0.2, 0) is 0 Å². The zero-order valence-electron chi connectivity index (χ0n) is 24.8. The van der Waals surface area contributed by atoms with Crippen molar-refractivity contribution in [3.05, 3.63) is 158 Å². The van der Waals surface area contributed by atoms with Crippen LogP contribution in [-0.4, -0.2) is 0 Å². The van der Waals surface area contributed by atoms with Crippen LogP contribution in [0.2, 0.25) is 0 Å². The predicted molar refractivity (Wildman–Crippen MR) is 192 cm³/mol. The third kappa shape index (κ3) is 3.65. The standard InChI is InChI=1S/C44H26O2/c1-2-11-27(12-3-1)42-31-14-4-6-16-33(31)43(34-17-7-5-15-32(34)42)36-18-10-20-40-44(36)35-23-21-29(26-41(35)46-40)28-22-24-39-37(25-28)30-13-8-9-19-38(30)45-39/h1-26H. The van der Waals surface area contributed by atoms with Gasteiger partial charge in [0.05, 0.1) is 0 Å². The maximum atomic E-state index is 6.62. The molecule has 10 aromatic rings. The van der Waals surface area contributed by atoms with Crippen molar-refractivity contribution >= 4 is 65.4 Å². The summed E-state index contributed by atoms with van der Waals surface area (Å²) in [5.41, 5.74) is 10.7. The van der Waals surface area contributed by atoms with Gasteiger partial charge in [0.1, 0.15) is 22.3 Å². The fraction of sp³-hybridized carbons (Fsp3) is 0. The average Bonchev–Trinajstić information content (AvgIpc) is 3.68. The number of fused-ring (bicyclic) bond motifs is 8. The normalized spacial score (nSPS) is 11.9. The molecular weight excluding hydrogens is 560 g/mol. The molecule has 0 saturated carbocycles. The Hall–Kier alpha value is -6.12. The van der Waals surface area contributed by atoms with Gasteiger partial charge in [-0.1, -0.05) is 121 Å². The zero-order chi connectivity index (χ0) is 30.2. The molecule has 0 unspecified atom stereocenters. The van der Waals surface area contributed by atoms with E-state index in [4.69, 9.17) is 8.83 Å². The highest BCUT2D eigenvalue weighted by atomic mass is 16.3. The Morgan fingerprint density at radius 2 is 0.848 bits per heavy atom. The molecule has 0 atom stereocenters. The second-order valence-corrected chi connectivity index (χ2v) is 12.0. The van der Waals surface area contributed by atoms with Crippen molar-refractivity contribution in [2.24, 2.45) is 0 Å². The van der Waals surface area contributed by atoms with Crippen molar-refractivity contribution in [2.75, 3.05) is 0 Å². The Bertz CT molecular complexity index is 2740. The van der Waals surface area contributed by atoms with Crippen molar-refractivity contribution in [1.29, 1.82) is 0 Å². The van der Waals surface area contributed by atoms with Gasteiger partial charge in [0.2, 0.25) is 0 Å². The largest absolute Gasteiger partial charge is 0.456 e. The number of rotatable bonds is 3. The molecule has 0 spiro atoms. The lowest BCUT2D eigenvalue weighted by Gasteiger charge is -2.18. The first-order chi connectivity index (χ1) is 22.8. The van der Waals surface area contributed by atoms with E-state index in [1.807, 2.05) is 12.1 Å². The van der Waals surface area contributed by atoms with Crippen molar-refractivity contribution in [1.82, 2.24) is 0 Å². The predicted octanol–water partition coefficient (Wildman–Crippen LogP) is 12.8. The topological polar surface area (TPSA) is 26.3 Å². The maximum absolute atomic E-state index is 6.62. The molecule has 0 aliphatic carbocycles. The lowest BCUT2D eigenvalue weighted by atomic mass is 9.85. The minimum absolute atomic E-state index is 0.881. The molecule has 2 heterocycles. The van der Waals surface area contributed by atoms with E-state index in [1.165, 1.54) is 43.8 Å². The van der Waals surface area contributed by atoms with Gasteiger partial charge >= 0.3 is 0 Å². The molecule has 0 aliphatic heterocycles. The highest BCUT2D eigenvalue weighted by Gasteiger charge is 2.20. The highest BCUT2D eigenvalue weighted by Crippen LogP contribution is 2.47. The van der Waals surface area contributed by atoms with E-state index >= 15 is 0 Å². The first-order valence-corrected chi connectivity index (χ1v) is 15.7. The van der Waals surface area contributed by atoms with Crippen LogP contribution in [0, 0.1) is 0 Å². The number of hydrogen-bond donors (Lipinski definition) is 0. The number of benzene rings is 8. The average molecular weight is 587 g/mol. The quantitative estimate of drug-likeness (QED) is 0.193. The summed E-state index contributed by atoms with van der Waals surface area (Å²) in [5.74, 6) is 0. The summed E-state index contributed by atoms with van der Waals surface area (Å²) < 4.78 is 12.7. The van der Waals surface area contributed by atoms with Gasteiger partial charge in [0.15, 0.2) is 0 Å². The summed E-state index contributed by atoms with van der Waals surface area (Å²) in [6.07, 6.45) is 0. The maximum Gasteiger partial charge on any atom is 0.136 e. The Kier molecular flexibility index (Phi) is 5.31. The van der Waals surface area contributed by atoms with Crippen molar-refractivity contribution in [2.45, 2.75) is 0 Å². The van der Waals surface area contributed by atoms with Gasteiger partial charge in [-0.2, -0.15) is 0 Å². The summed E-state index contributed by atoms with van der Waals surface area (Å²) in [6.45, 7) is 0. The minimum atomic E-state index is 0.881. The molecule has 2 aromatic heterocycles. The van der Waals surface area contributed by atoms with Crippen LogP contribution in [0.3, 0.4) is 0 Å². The van der Waals surface area contributed by atoms with Crippen molar-refractivity contribution in [3.8, 4) is 33.4 Å². The van der Waals surface area contributed by atoms with Crippen LogP contribution in [0.4, 0.5) is 0 Å². The Morgan fingerprint density at radius 3 is 1.61 bits per heavy atom. The van der Waals surface area contributed by atoms with Gasteiger partial charge in [-0.15, -0.1) is 0 Å². The SMILES string of the molecule is c1ccc(-c2c3ccccc3c(-c3cccc4oc5cc(-c6ccc7oc8ccccc8c7c6)ccc5c34)c3ccccc23)cc1. The van der Waals surface area contributed by atoms with Crippen LogP contribution in [0.1, 0.15) is 0 Å². The molecule has 0 saturated heterocycles. The van der Waals surface area contributed by atoms with Crippen molar-refractivity contribution in [3.63, 3.8) is 0 Å². The van der Waals surface area contributed by atoms with E-state index in [-0.39, 0.29) is 0 Å². The molecule has 214 valence electrons. The molecule has 2 nitrogen and oxygen atoms in total. The number of furan rings is 2. The lowest BCUT2D eigenvalue weighted by molar-refractivity contribution is 0.669. The van der Waals surface area contributed by atoms with Gasteiger partial charge in [0, 0.05) is 21.5 Å². The van der Waals surface area contributed by atoms with E-state index in [9.17, 15) is 0 Å². The molecule has 0 radical (unpaired) electrons. The van der Waals surface area contributed by atoms with Crippen LogP contribution in [0.5, 0.6) is 0 Å². The molecule has 0 bridgehead atoms. The van der Waals surface area contributed by atoms with Gasteiger partial charge < -0.3 is 8.83 Å². The number of hydrogen-bond acceptors (Lipinski definition) is 2. The van der Waals surface area contributed by atoms with Gasteiger partial charge in [0.25, 0.3) is 0 Å². The van der Waals surface area contributed by atoms with Crippen LogP contribution in [0.15, 0.2) is 167 Å². The van der Waals surface area contributed by atoms with Gasteiger partial charge in [-0.05, 0) is 91.3 Å². The van der Waals surface area contributed by atoms with E-state index in [1.54, 1.807) is 0 Å². The zero-order valence-corrected chi connectivity index (χ0v) is 24.8. The van der Waals surface area contributed by atoms with Gasteiger partial charge in [-0.25, -0.2) is 0 Å². The minimum Gasteiger partial charge on any atom is -0.456 e. The summed E-state index contributed by atoms with van der Waals surface area (Å²) >= 11 is 0. The van der Waals surface area contributed by atoms with E-state index in [0.29, 0.717) is 0 Å². The summed E-state index contributed by atoms with van der Waals surface area (Å²) in [4.78, 5) is 0. The van der Waals surface area contributed by atoms with E-state index < -0.39 is 0 Å². The first-order valence-electron chi connectivity index (χ1n) is 15.7. The molecule has 0 aliphatic rings. The highest BCUT2D eigenvalue weighted by molar-refractivity contribution is 6.25. The molecule has 0 amide bonds. The molecule has 10 rings (SSSR count). The Balaban J connectivity index is 1.22. The molecule has 0 fully saturated rings. The fourth-order valence-corrected chi connectivity index (χ4v) is 7.45. The molecule has 0 N–H and O–H groups in total. The second-order valence-electron chi connectivity index (χ2n) is 12.0. The summed E-state index contributed by atoms with van der Waals surface area (Å²) in [7, 11) is 0. The third-order valence-corrected chi connectivity index (χ3v) is 9.47. The van der Waals surface area contributed by atoms with Crippen LogP contribution < -0.4 is 0 Å². The summed E-state index contributed by atoms with van der Waals surface area (Å²) in [6, 6.07) is 56.1. The second kappa shape index (κ2) is 9.69. The monoisotopic (exact) mass is 586 g/mol. The molecular formula is C44H26O2. The van der Waals surface area contributed by atoms with Crippen LogP contribution >= 0.6 is 0 Å². The molecule has 2 heteroatoms. The van der Waals surface area contributed by atoms with E-state index in [0.717, 1.165) is 55.0 Å². The molecule has 46 heavy (non-hydrogen) atoms. The number of para-hydroxylation sites is 1. The smallest absolute Gasteiger partial charge is 0.136 e.